The quantitative estimate of drug-likeness (QED) is 0.480. The number of methoxy groups -OCH3 is 1. The predicted octanol–water partition coefficient (Wildman–Crippen LogP) is 4.57. The van der Waals surface area contributed by atoms with E-state index in [0.717, 1.165) is 11.8 Å². The number of thioether (sulfide) groups is 1. The molecule has 1 aliphatic heterocycles. The van der Waals surface area contributed by atoms with Crippen LogP contribution in [-0.2, 0) is 19.6 Å². The molecule has 8 nitrogen and oxygen atoms in total. The van der Waals surface area contributed by atoms with Crippen molar-refractivity contribution >= 4 is 61.7 Å². The molecular formula is C24H20ClN3O5S2. The molecule has 1 N–H and O–H groups in total. The molecule has 11 heteroatoms. The SMILES string of the molecule is COc1ccc(NC(=O)C[C@H]2SC(=NS(=O)(=O)c3ccc(Cl)cc3)N(c3ccccc3)C2=O)cc1. The third-order valence-electron chi connectivity index (χ3n) is 5.00. The van der Waals surface area contributed by atoms with E-state index in [-0.39, 0.29) is 16.5 Å². The van der Waals surface area contributed by atoms with E-state index in [1.165, 1.54) is 29.2 Å². The Morgan fingerprint density at radius 1 is 1.06 bits per heavy atom. The van der Waals surface area contributed by atoms with Crippen LogP contribution in [-0.4, -0.2) is 37.8 Å². The van der Waals surface area contributed by atoms with Gasteiger partial charge in [0.25, 0.3) is 10.0 Å². The number of nitrogens with zero attached hydrogens (tertiary/aromatic N) is 2. The fraction of sp³-hybridized carbons (Fsp3) is 0.125. The van der Waals surface area contributed by atoms with Crippen molar-refractivity contribution in [2.45, 2.75) is 16.6 Å². The largest absolute Gasteiger partial charge is 0.497 e. The van der Waals surface area contributed by atoms with Crippen LogP contribution in [0.3, 0.4) is 0 Å². The van der Waals surface area contributed by atoms with Crippen molar-refractivity contribution in [2.24, 2.45) is 4.40 Å². The molecule has 3 aromatic carbocycles. The molecule has 2 amide bonds. The summed E-state index contributed by atoms with van der Waals surface area (Å²) in [5, 5.41) is 2.24. The van der Waals surface area contributed by atoms with E-state index in [9.17, 15) is 18.0 Å². The summed E-state index contributed by atoms with van der Waals surface area (Å²) in [5.41, 5.74) is 0.999. The number of benzene rings is 3. The van der Waals surface area contributed by atoms with Crippen LogP contribution in [0.4, 0.5) is 11.4 Å². The Balaban J connectivity index is 1.59. The molecule has 1 fully saturated rings. The van der Waals surface area contributed by atoms with Crippen LogP contribution in [0.1, 0.15) is 6.42 Å². The predicted molar refractivity (Wildman–Crippen MR) is 138 cm³/mol. The van der Waals surface area contributed by atoms with Crippen LogP contribution in [0.5, 0.6) is 5.75 Å². The number of nitrogens with one attached hydrogen (secondary N) is 1. The van der Waals surface area contributed by atoms with E-state index in [1.807, 2.05) is 0 Å². The molecule has 0 aromatic heterocycles. The number of hydrogen-bond acceptors (Lipinski definition) is 6. The lowest BCUT2D eigenvalue weighted by atomic mass is 10.2. The zero-order chi connectivity index (χ0) is 25.0. The van der Waals surface area contributed by atoms with E-state index in [2.05, 4.69) is 9.71 Å². The number of carbonyl (C=O) groups is 2. The van der Waals surface area contributed by atoms with Crippen LogP contribution >= 0.6 is 23.4 Å². The van der Waals surface area contributed by atoms with E-state index in [0.29, 0.717) is 22.1 Å². The zero-order valence-electron chi connectivity index (χ0n) is 18.4. The number of sulfonamides is 1. The highest BCUT2D eigenvalue weighted by atomic mass is 35.5. The van der Waals surface area contributed by atoms with Crippen molar-refractivity contribution in [2.75, 3.05) is 17.3 Å². The Kier molecular flexibility index (Phi) is 7.44. The third-order valence-corrected chi connectivity index (χ3v) is 7.79. The highest BCUT2D eigenvalue weighted by Crippen LogP contribution is 2.35. The molecular weight excluding hydrogens is 510 g/mol. The van der Waals surface area contributed by atoms with Gasteiger partial charge >= 0.3 is 0 Å². The molecule has 1 heterocycles. The van der Waals surface area contributed by atoms with Gasteiger partial charge in [0.1, 0.15) is 11.0 Å². The third kappa shape index (κ3) is 5.84. The Morgan fingerprint density at radius 3 is 2.34 bits per heavy atom. The summed E-state index contributed by atoms with van der Waals surface area (Å²) < 4.78 is 34.9. The monoisotopic (exact) mass is 529 g/mol. The topological polar surface area (TPSA) is 105 Å². The lowest BCUT2D eigenvalue weighted by Gasteiger charge is -2.16. The first-order chi connectivity index (χ1) is 16.8. The molecule has 0 bridgehead atoms. The maximum atomic E-state index is 13.3. The lowest BCUT2D eigenvalue weighted by Crippen LogP contribution is -2.33. The second-order valence-electron chi connectivity index (χ2n) is 7.40. The highest BCUT2D eigenvalue weighted by Gasteiger charge is 2.41. The van der Waals surface area contributed by atoms with Crippen LogP contribution in [0.2, 0.25) is 5.02 Å². The molecule has 4 rings (SSSR count). The maximum absolute atomic E-state index is 13.3. The van der Waals surface area contributed by atoms with Gasteiger partial charge in [0, 0.05) is 17.1 Å². The minimum Gasteiger partial charge on any atom is -0.497 e. The van der Waals surface area contributed by atoms with E-state index >= 15 is 0 Å². The van der Waals surface area contributed by atoms with Crippen molar-refractivity contribution in [3.63, 3.8) is 0 Å². The fourth-order valence-corrected chi connectivity index (χ4v) is 5.75. The summed E-state index contributed by atoms with van der Waals surface area (Å²) in [6, 6.07) is 20.9. The number of ether oxygens (including phenoxy) is 1. The summed E-state index contributed by atoms with van der Waals surface area (Å²) >= 11 is 6.79. The first-order valence-corrected chi connectivity index (χ1v) is 13.1. The van der Waals surface area contributed by atoms with Crippen molar-refractivity contribution in [1.29, 1.82) is 0 Å². The van der Waals surface area contributed by atoms with Gasteiger partial charge in [0.05, 0.1) is 17.7 Å². The molecule has 1 saturated heterocycles. The van der Waals surface area contributed by atoms with E-state index in [4.69, 9.17) is 16.3 Å². The lowest BCUT2D eigenvalue weighted by molar-refractivity contribution is -0.121. The number of para-hydroxylation sites is 1. The average Bonchev–Trinajstić information content (AvgIpc) is 3.13. The van der Waals surface area contributed by atoms with Gasteiger partial charge in [-0.3, -0.25) is 14.5 Å². The second-order valence-corrected chi connectivity index (χ2v) is 10.6. The summed E-state index contributed by atoms with van der Waals surface area (Å²) in [5.74, 6) is -0.183. The zero-order valence-corrected chi connectivity index (χ0v) is 20.8. The minimum atomic E-state index is -4.13. The van der Waals surface area contributed by atoms with Crippen molar-refractivity contribution in [3.8, 4) is 5.75 Å². The van der Waals surface area contributed by atoms with Crippen molar-refractivity contribution < 1.29 is 22.7 Å². The van der Waals surface area contributed by atoms with Gasteiger partial charge in [-0.1, -0.05) is 41.6 Å². The van der Waals surface area contributed by atoms with Crippen molar-refractivity contribution in [1.82, 2.24) is 0 Å². The summed E-state index contributed by atoms with van der Waals surface area (Å²) in [6.45, 7) is 0. The Bertz CT molecular complexity index is 1360. The molecule has 1 aliphatic rings. The number of rotatable bonds is 7. The number of amides is 2. The summed E-state index contributed by atoms with van der Waals surface area (Å²) in [7, 11) is -2.59. The Labute approximate surface area is 212 Å². The normalized spacial score (nSPS) is 17.0. The molecule has 0 unspecified atom stereocenters. The number of carbonyl (C=O) groups excluding carboxylic acids is 2. The standard InChI is InChI=1S/C24H20ClN3O5S2/c1-33-19-11-9-17(10-12-19)26-22(29)15-21-23(30)28(18-5-3-2-4-6-18)24(34-21)27-35(31,32)20-13-7-16(25)8-14-20/h2-14,21H,15H2,1H3,(H,26,29)/t21-/m1/s1. The molecule has 35 heavy (non-hydrogen) atoms. The van der Waals surface area contributed by atoms with Gasteiger partial charge in [0.15, 0.2) is 5.17 Å². The fourth-order valence-electron chi connectivity index (χ4n) is 3.29. The van der Waals surface area contributed by atoms with E-state index < -0.39 is 27.1 Å². The summed E-state index contributed by atoms with van der Waals surface area (Å²) in [4.78, 5) is 27.1. The minimum absolute atomic E-state index is 0.0293. The smallest absolute Gasteiger partial charge is 0.284 e. The number of amidine groups is 1. The Hall–Kier alpha value is -3.34. The van der Waals surface area contributed by atoms with Gasteiger partial charge in [-0.05, 0) is 60.7 Å². The molecule has 0 saturated carbocycles. The van der Waals surface area contributed by atoms with Gasteiger partial charge < -0.3 is 10.1 Å². The number of halogens is 1. The first kappa shape index (κ1) is 24.8. The average molecular weight is 530 g/mol. The highest BCUT2D eigenvalue weighted by molar-refractivity contribution is 8.16. The van der Waals surface area contributed by atoms with Gasteiger partial charge in [-0.15, -0.1) is 4.40 Å². The van der Waals surface area contributed by atoms with Crippen LogP contribution in [0.15, 0.2) is 88.2 Å². The van der Waals surface area contributed by atoms with Gasteiger partial charge in [-0.25, -0.2) is 0 Å². The Morgan fingerprint density at radius 2 is 1.71 bits per heavy atom. The summed E-state index contributed by atoms with van der Waals surface area (Å²) in [6.07, 6.45) is -0.168. The van der Waals surface area contributed by atoms with Crippen LogP contribution in [0.25, 0.3) is 0 Å². The molecule has 1 atom stereocenters. The van der Waals surface area contributed by atoms with Crippen LogP contribution < -0.4 is 15.0 Å². The molecule has 3 aromatic rings. The first-order valence-electron chi connectivity index (χ1n) is 10.4. The van der Waals surface area contributed by atoms with Crippen molar-refractivity contribution in [3.05, 3.63) is 83.9 Å². The molecule has 0 aliphatic carbocycles. The molecule has 180 valence electrons. The maximum Gasteiger partial charge on any atom is 0.284 e. The van der Waals surface area contributed by atoms with Gasteiger partial charge in [0.2, 0.25) is 11.8 Å². The molecule has 0 spiro atoms. The number of anilines is 2. The van der Waals surface area contributed by atoms with Crippen LogP contribution in [0, 0.1) is 0 Å². The van der Waals surface area contributed by atoms with E-state index in [1.54, 1.807) is 61.7 Å². The number of hydrogen-bond donors (Lipinski definition) is 1. The second kappa shape index (κ2) is 10.5. The van der Waals surface area contributed by atoms with Gasteiger partial charge in [-0.2, -0.15) is 8.42 Å². The molecule has 0 radical (unpaired) electrons.